The molecule has 2 aliphatic rings. The fourth-order valence-corrected chi connectivity index (χ4v) is 4.70. The minimum Gasteiger partial charge on any atom is -0.497 e. The van der Waals surface area contributed by atoms with Crippen molar-refractivity contribution in [3.63, 3.8) is 0 Å². The van der Waals surface area contributed by atoms with Crippen LogP contribution in [0.2, 0.25) is 5.02 Å². The van der Waals surface area contributed by atoms with Gasteiger partial charge in [0.1, 0.15) is 11.4 Å². The highest BCUT2D eigenvalue weighted by atomic mass is 35.5. The van der Waals surface area contributed by atoms with Gasteiger partial charge in [-0.3, -0.25) is 4.79 Å². The van der Waals surface area contributed by atoms with Gasteiger partial charge in [0.25, 0.3) is 0 Å². The van der Waals surface area contributed by atoms with Gasteiger partial charge in [-0.05, 0) is 79.7 Å². The highest BCUT2D eigenvalue weighted by molar-refractivity contribution is 6.31. The van der Waals surface area contributed by atoms with Crippen molar-refractivity contribution in [1.82, 2.24) is 4.98 Å². The Morgan fingerprint density at radius 2 is 1.71 bits per heavy atom. The number of pyridine rings is 1. The van der Waals surface area contributed by atoms with Crippen molar-refractivity contribution in [1.29, 1.82) is 0 Å². The van der Waals surface area contributed by atoms with Crippen LogP contribution >= 0.6 is 11.6 Å². The van der Waals surface area contributed by atoms with E-state index in [4.69, 9.17) is 22.1 Å². The number of aromatic nitrogens is 1. The number of halogens is 1. The van der Waals surface area contributed by atoms with Gasteiger partial charge in [0.2, 0.25) is 0 Å². The lowest BCUT2D eigenvalue weighted by Gasteiger charge is -2.29. The Bertz CT molecular complexity index is 871. The Hall–Kier alpha value is -1.91. The Labute approximate surface area is 171 Å². The van der Waals surface area contributed by atoms with Gasteiger partial charge >= 0.3 is 0 Å². The Morgan fingerprint density at radius 3 is 2.32 bits per heavy atom. The first kappa shape index (κ1) is 19.4. The summed E-state index contributed by atoms with van der Waals surface area (Å²) in [5.41, 5.74) is 9.53. The maximum absolute atomic E-state index is 13.3. The van der Waals surface area contributed by atoms with Crippen molar-refractivity contribution in [3.05, 3.63) is 57.9 Å². The molecule has 2 fully saturated rings. The molecule has 0 atom stereocenters. The molecule has 2 aromatic rings. The first-order chi connectivity index (χ1) is 13.6. The molecule has 4 rings (SSSR count). The van der Waals surface area contributed by atoms with Crippen LogP contribution in [-0.4, -0.2) is 17.9 Å². The van der Waals surface area contributed by atoms with Crippen molar-refractivity contribution in [2.45, 2.75) is 56.9 Å². The number of rotatable bonds is 6. The molecule has 1 heterocycles. The summed E-state index contributed by atoms with van der Waals surface area (Å²) < 4.78 is 5.24. The average Bonchev–Trinajstić information content (AvgIpc) is 3.58. The number of benzene rings is 1. The van der Waals surface area contributed by atoms with Crippen LogP contribution in [0.25, 0.3) is 0 Å². The van der Waals surface area contributed by atoms with E-state index in [1.165, 1.54) is 0 Å². The van der Waals surface area contributed by atoms with Gasteiger partial charge in [-0.1, -0.05) is 23.7 Å². The Balaban J connectivity index is 1.47. The molecule has 2 N–H and O–H groups in total. The monoisotopic (exact) mass is 398 g/mol. The van der Waals surface area contributed by atoms with E-state index in [0.29, 0.717) is 24.1 Å². The van der Waals surface area contributed by atoms with Gasteiger partial charge in [-0.25, -0.2) is 4.98 Å². The third-order valence-electron chi connectivity index (χ3n) is 6.19. The molecule has 0 bridgehead atoms. The number of ketones is 1. The lowest BCUT2D eigenvalue weighted by Crippen LogP contribution is -2.24. The van der Waals surface area contributed by atoms with Gasteiger partial charge in [0.05, 0.1) is 12.8 Å². The van der Waals surface area contributed by atoms with Crippen LogP contribution in [0.1, 0.15) is 77.7 Å². The number of ether oxygens (including phenoxy) is 1. The number of carbonyl (C=O) groups excluding carboxylic acids is 1. The molecule has 148 valence electrons. The van der Waals surface area contributed by atoms with E-state index in [0.717, 1.165) is 66.1 Å². The molecular formula is C23H27ClN2O2. The molecule has 2 aliphatic carbocycles. The van der Waals surface area contributed by atoms with Gasteiger partial charge in [0, 0.05) is 17.5 Å². The summed E-state index contributed by atoms with van der Waals surface area (Å²) in [4.78, 5) is 17.9. The van der Waals surface area contributed by atoms with Gasteiger partial charge in [-0.2, -0.15) is 0 Å². The second-order valence-corrected chi connectivity index (χ2v) is 8.43. The molecule has 1 aromatic carbocycles. The number of Topliss-reactive ketones (excluding diaryl/α,β-unsaturated/α-hetero) is 1. The Kier molecular flexibility index (Phi) is 5.70. The molecule has 0 saturated heterocycles. The van der Waals surface area contributed by atoms with Crippen molar-refractivity contribution >= 4 is 17.4 Å². The number of nitrogens with two attached hydrogens (primary N) is 1. The lowest BCUT2D eigenvalue weighted by molar-refractivity contribution is 0.0877. The van der Waals surface area contributed by atoms with E-state index in [1.54, 1.807) is 7.11 Å². The third kappa shape index (κ3) is 3.94. The number of hydrogen-bond acceptors (Lipinski definition) is 4. The first-order valence-electron chi connectivity index (χ1n) is 10.2. The van der Waals surface area contributed by atoms with Gasteiger partial charge < -0.3 is 10.5 Å². The highest BCUT2D eigenvalue weighted by Crippen LogP contribution is 2.44. The lowest BCUT2D eigenvalue weighted by atomic mass is 9.76. The maximum atomic E-state index is 13.3. The normalized spacial score (nSPS) is 22.1. The maximum Gasteiger partial charge on any atom is 0.184 e. The molecule has 0 amide bonds. The summed E-state index contributed by atoms with van der Waals surface area (Å²) in [6.45, 7) is 0.369. The molecule has 4 nitrogen and oxygen atoms in total. The van der Waals surface area contributed by atoms with E-state index in [-0.39, 0.29) is 11.7 Å². The van der Waals surface area contributed by atoms with Crippen LogP contribution in [0.5, 0.6) is 5.75 Å². The zero-order valence-corrected chi connectivity index (χ0v) is 17.0. The SMILES string of the molecule is COc1ccc(C2CCC(C(=O)c3nc(CN)ccc3C3CC3)CC2)c(Cl)c1. The second-order valence-electron chi connectivity index (χ2n) is 8.02. The molecule has 2 saturated carbocycles. The minimum absolute atomic E-state index is 0.0475. The summed E-state index contributed by atoms with van der Waals surface area (Å²) >= 11 is 6.46. The average molecular weight is 399 g/mol. The fraction of sp³-hybridized carbons (Fsp3) is 0.478. The largest absolute Gasteiger partial charge is 0.497 e. The van der Waals surface area contributed by atoms with E-state index in [9.17, 15) is 4.79 Å². The van der Waals surface area contributed by atoms with Crippen molar-refractivity contribution < 1.29 is 9.53 Å². The van der Waals surface area contributed by atoms with E-state index < -0.39 is 0 Å². The molecule has 5 heteroatoms. The summed E-state index contributed by atoms with van der Waals surface area (Å²) in [6, 6.07) is 9.93. The van der Waals surface area contributed by atoms with Crippen LogP contribution in [-0.2, 0) is 6.54 Å². The standard InChI is InChI=1S/C23H27ClN2O2/c1-28-18-9-11-19(21(24)12-18)14-4-6-16(7-5-14)23(27)22-20(15-2-3-15)10-8-17(13-25)26-22/h8-12,14-16H,2-7,13,25H2,1H3. The van der Waals surface area contributed by atoms with Crippen LogP contribution in [0.15, 0.2) is 30.3 Å². The number of methoxy groups -OCH3 is 1. The first-order valence-corrected chi connectivity index (χ1v) is 10.6. The van der Waals surface area contributed by atoms with Crippen LogP contribution in [0, 0.1) is 5.92 Å². The zero-order chi connectivity index (χ0) is 19.7. The summed E-state index contributed by atoms with van der Waals surface area (Å²) in [5.74, 6) is 1.93. The number of carbonyl (C=O) groups is 1. The smallest absolute Gasteiger partial charge is 0.184 e. The minimum atomic E-state index is 0.0475. The fourth-order valence-electron chi connectivity index (χ4n) is 4.37. The molecule has 0 radical (unpaired) electrons. The summed E-state index contributed by atoms with van der Waals surface area (Å²) in [5, 5.41) is 0.752. The van der Waals surface area contributed by atoms with Crippen molar-refractivity contribution in [3.8, 4) is 5.75 Å². The molecular weight excluding hydrogens is 372 g/mol. The van der Waals surface area contributed by atoms with E-state index in [2.05, 4.69) is 17.1 Å². The van der Waals surface area contributed by atoms with Crippen LogP contribution < -0.4 is 10.5 Å². The number of nitrogens with zero attached hydrogens (tertiary/aromatic N) is 1. The van der Waals surface area contributed by atoms with Crippen molar-refractivity contribution in [2.75, 3.05) is 7.11 Å². The topological polar surface area (TPSA) is 65.2 Å². The molecule has 0 unspecified atom stereocenters. The molecule has 0 spiro atoms. The highest BCUT2D eigenvalue weighted by Gasteiger charge is 2.34. The third-order valence-corrected chi connectivity index (χ3v) is 6.52. The number of hydrogen-bond donors (Lipinski definition) is 1. The molecule has 0 aliphatic heterocycles. The van der Waals surface area contributed by atoms with E-state index >= 15 is 0 Å². The van der Waals surface area contributed by atoms with Crippen LogP contribution in [0.4, 0.5) is 0 Å². The summed E-state index contributed by atoms with van der Waals surface area (Å²) in [6.07, 6.45) is 6.02. The summed E-state index contributed by atoms with van der Waals surface area (Å²) in [7, 11) is 1.64. The predicted octanol–water partition coefficient (Wildman–Crippen LogP) is 5.24. The molecule has 1 aromatic heterocycles. The second kappa shape index (κ2) is 8.22. The quantitative estimate of drug-likeness (QED) is 0.676. The predicted molar refractivity (Wildman–Crippen MR) is 111 cm³/mol. The zero-order valence-electron chi connectivity index (χ0n) is 16.3. The Morgan fingerprint density at radius 1 is 1.07 bits per heavy atom. The molecule has 28 heavy (non-hydrogen) atoms. The van der Waals surface area contributed by atoms with E-state index in [1.807, 2.05) is 18.2 Å². The van der Waals surface area contributed by atoms with Crippen molar-refractivity contribution in [2.24, 2.45) is 11.7 Å². The van der Waals surface area contributed by atoms with Crippen LogP contribution in [0.3, 0.4) is 0 Å². The van der Waals surface area contributed by atoms with Gasteiger partial charge in [0.15, 0.2) is 5.78 Å². The van der Waals surface area contributed by atoms with Gasteiger partial charge in [-0.15, -0.1) is 0 Å².